The van der Waals surface area contributed by atoms with E-state index in [4.69, 9.17) is 36.0 Å². The normalized spacial score (nSPS) is 20.2. The molecule has 2 fully saturated rings. The van der Waals surface area contributed by atoms with Crippen LogP contribution in [0.25, 0.3) is 42.8 Å². The Bertz CT molecular complexity index is 1620. The number of hydrogen-bond acceptors (Lipinski definition) is 10. The van der Waals surface area contributed by atoms with E-state index in [1.54, 1.807) is 61.0 Å². The lowest BCUT2D eigenvalue weighted by Crippen LogP contribution is -2.22. The van der Waals surface area contributed by atoms with E-state index < -0.39 is 0 Å². The quantitative estimate of drug-likeness (QED) is 0.184. The molecule has 0 aromatic carbocycles. The first-order valence-corrected chi connectivity index (χ1v) is 14.4. The fraction of sp³-hybridized carbons (Fsp3) is 0.0833. The van der Waals surface area contributed by atoms with Gasteiger partial charge in [0.05, 0.1) is 22.3 Å². The second-order valence-electron chi connectivity index (χ2n) is 7.65. The maximum Gasteiger partial charge on any atom is 0.266 e. The summed E-state index contributed by atoms with van der Waals surface area (Å²) in [4.78, 5) is 29.7. The van der Waals surface area contributed by atoms with Crippen LogP contribution in [0, 0.1) is 0 Å². The highest BCUT2D eigenvalue weighted by atomic mass is 32.2. The lowest BCUT2D eigenvalue weighted by molar-refractivity contribution is -0.122. The van der Waals surface area contributed by atoms with Crippen molar-refractivity contribution in [3.05, 3.63) is 57.7 Å². The van der Waals surface area contributed by atoms with Crippen LogP contribution in [-0.2, 0) is 9.59 Å². The van der Waals surface area contributed by atoms with Gasteiger partial charge in [-0.1, -0.05) is 48.0 Å². The Hall–Kier alpha value is -2.48. The predicted octanol–water partition coefficient (Wildman–Crippen LogP) is 7.14. The summed E-state index contributed by atoms with van der Waals surface area (Å²) in [5.41, 5.74) is 0. The molecule has 6 heterocycles. The molecule has 0 radical (unpaired) electrons. The summed E-state index contributed by atoms with van der Waals surface area (Å²) < 4.78 is 31.6. The SMILES string of the molecule is [2H]/C(=C1/SC(=S)N(C)C1=O)c1ccc(-c2cc3sc(-c4ccc(/C([2H])=C5\SC(=S)N(C)C5=O)o4)cc3s2)o1. The molecule has 4 aromatic rings. The Labute approximate surface area is 235 Å². The third kappa shape index (κ3) is 4.21. The molecule has 0 saturated carbocycles. The van der Waals surface area contributed by atoms with E-state index in [1.165, 1.54) is 9.80 Å². The number of carbonyl (C=O) groups is 2. The van der Waals surface area contributed by atoms with Gasteiger partial charge in [-0.3, -0.25) is 19.4 Å². The molecule has 0 unspecified atom stereocenters. The first-order chi connectivity index (χ1) is 18.1. The maximum atomic E-state index is 12.3. The summed E-state index contributed by atoms with van der Waals surface area (Å²) in [5, 5.41) is 0. The molecule has 0 atom stereocenters. The molecule has 12 heteroatoms. The van der Waals surface area contributed by atoms with E-state index in [1.807, 2.05) is 12.1 Å². The van der Waals surface area contributed by atoms with Crippen LogP contribution in [0.4, 0.5) is 0 Å². The molecule has 6 rings (SSSR count). The predicted molar refractivity (Wildman–Crippen MR) is 157 cm³/mol. The molecule has 4 aromatic heterocycles. The van der Waals surface area contributed by atoms with Crippen LogP contribution in [0.15, 0.2) is 55.0 Å². The van der Waals surface area contributed by atoms with E-state index in [-0.39, 0.29) is 33.7 Å². The van der Waals surface area contributed by atoms with Crippen LogP contribution in [0.3, 0.4) is 0 Å². The summed E-state index contributed by atoms with van der Waals surface area (Å²) >= 11 is 15.6. The number of likely N-dealkylation sites (N-methyl/N-ethyl adjacent to an activating group) is 2. The van der Waals surface area contributed by atoms with Crippen LogP contribution in [0.5, 0.6) is 0 Å². The Kier molecular flexibility index (Phi) is 5.47. The standard InChI is InChI=1S/C24H14N2O4S6/c1-25-21(27)19(35-23(25)31)7-11-3-5-13(29-11)15-9-17-18(33-15)10-16(34-17)14-6-4-12(30-14)8-20-22(28)26(2)24(32)36-20/h3-10H,1-2H3/b19-7-,20-8-/i7D,8D. The van der Waals surface area contributed by atoms with Crippen LogP contribution in [-0.4, -0.2) is 44.4 Å². The fourth-order valence-corrected chi connectivity index (χ4v) is 7.93. The van der Waals surface area contributed by atoms with E-state index in [9.17, 15) is 9.59 Å². The van der Waals surface area contributed by atoms with Gasteiger partial charge in [-0.05, 0) is 36.4 Å². The van der Waals surface area contributed by atoms with Crippen molar-refractivity contribution in [2.45, 2.75) is 0 Å². The van der Waals surface area contributed by atoms with E-state index >= 15 is 0 Å². The van der Waals surface area contributed by atoms with Crippen molar-refractivity contribution in [2.75, 3.05) is 14.1 Å². The summed E-state index contributed by atoms with van der Waals surface area (Å²) in [5.74, 6) is 1.23. The highest BCUT2D eigenvalue weighted by Crippen LogP contribution is 2.43. The molecule has 2 aliphatic rings. The number of carbonyl (C=O) groups excluding carboxylic acids is 2. The molecule has 0 aliphatic carbocycles. The monoisotopic (exact) mass is 588 g/mol. The first kappa shape index (κ1) is 21.6. The molecule has 180 valence electrons. The van der Waals surface area contributed by atoms with Crippen molar-refractivity contribution in [1.29, 1.82) is 0 Å². The highest BCUT2D eigenvalue weighted by Gasteiger charge is 2.30. The molecule has 6 nitrogen and oxygen atoms in total. The summed E-state index contributed by atoms with van der Waals surface area (Å²) in [6.07, 6.45) is 0. The second-order valence-corrected chi connectivity index (χ2v) is 13.1. The number of thiophene rings is 2. The number of thioether (sulfide) groups is 2. The van der Waals surface area contributed by atoms with E-state index in [2.05, 4.69) is 0 Å². The smallest absolute Gasteiger partial charge is 0.266 e. The first-order valence-electron chi connectivity index (χ1n) is 11.3. The minimum absolute atomic E-state index is 0.0159. The third-order valence-electron chi connectivity index (χ3n) is 5.30. The van der Waals surface area contributed by atoms with Gasteiger partial charge in [0.15, 0.2) is 0 Å². The molecule has 0 N–H and O–H groups in total. The van der Waals surface area contributed by atoms with Crippen LogP contribution >= 0.6 is 70.6 Å². The van der Waals surface area contributed by atoms with Crippen molar-refractivity contribution in [2.24, 2.45) is 0 Å². The number of rotatable bonds is 4. The van der Waals surface area contributed by atoms with Crippen molar-refractivity contribution in [3.8, 4) is 21.3 Å². The number of furan rings is 2. The van der Waals surface area contributed by atoms with Crippen molar-refractivity contribution in [3.63, 3.8) is 0 Å². The molecule has 0 spiro atoms. The average Bonchev–Trinajstić information content (AvgIpc) is 3.72. The number of hydrogen-bond donors (Lipinski definition) is 0. The molecule has 2 amide bonds. The number of thiocarbonyl (C=S) groups is 2. The molecular formula is C24H14N2O4S6. The van der Waals surface area contributed by atoms with E-state index in [0.29, 0.717) is 31.7 Å². The highest BCUT2D eigenvalue weighted by molar-refractivity contribution is 8.27. The van der Waals surface area contributed by atoms with Gasteiger partial charge in [0, 0.05) is 35.6 Å². The Morgan fingerprint density at radius 3 is 1.56 bits per heavy atom. The van der Waals surface area contributed by atoms with Gasteiger partial charge in [0.1, 0.15) is 31.7 Å². The number of amides is 2. The second kappa shape index (κ2) is 9.12. The largest absolute Gasteiger partial charge is 0.456 e. The van der Waals surface area contributed by atoms with Gasteiger partial charge in [0.25, 0.3) is 11.8 Å². The molecule has 0 bridgehead atoms. The molecule has 2 saturated heterocycles. The Morgan fingerprint density at radius 1 is 0.778 bits per heavy atom. The topological polar surface area (TPSA) is 66.9 Å². The zero-order valence-electron chi connectivity index (χ0n) is 20.4. The summed E-state index contributed by atoms with van der Waals surface area (Å²) in [7, 11) is 3.18. The van der Waals surface area contributed by atoms with Crippen LogP contribution < -0.4 is 0 Å². The van der Waals surface area contributed by atoms with Crippen LogP contribution in [0.1, 0.15) is 14.3 Å². The fourth-order valence-electron chi connectivity index (χ4n) is 3.40. The number of fused-ring (bicyclic) bond motifs is 1. The minimum atomic E-state index is -0.300. The van der Waals surface area contributed by atoms with Gasteiger partial charge >= 0.3 is 0 Å². The third-order valence-corrected chi connectivity index (χ3v) is 10.5. The summed E-state index contributed by atoms with van der Waals surface area (Å²) in [6.45, 7) is 0. The van der Waals surface area contributed by atoms with Gasteiger partial charge in [-0.15, -0.1) is 22.7 Å². The van der Waals surface area contributed by atoms with E-state index in [0.717, 1.165) is 42.7 Å². The van der Waals surface area contributed by atoms with Gasteiger partial charge < -0.3 is 8.83 Å². The average molecular weight is 589 g/mol. The van der Waals surface area contributed by atoms with Crippen molar-refractivity contribution < 1.29 is 21.2 Å². The minimum Gasteiger partial charge on any atom is -0.456 e. The Morgan fingerprint density at radius 2 is 1.19 bits per heavy atom. The maximum absolute atomic E-state index is 12.3. The zero-order chi connectivity index (χ0) is 26.9. The summed E-state index contributed by atoms with van der Waals surface area (Å²) in [6, 6.07) is 11.0. The zero-order valence-corrected chi connectivity index (χ0v) is 23.3. The number of nitrogens with zero attached hydrogens (tertiary/aromatic N) is 2. The van der Waals surface area contributed by atoms with Gasteiger partial charge in [0.2, 0.25) is 0 Å². The van der Waals surface area contributed by atoms with Gasteiger partial charge in [-0.2, -0.15) is 0 Å². The molecule has 2 aliphatic heterocycles. The molecule has 36 heavy (non-hydrogen) atoms. The van der Waals surface area contributed by atoms with Crippen molar-refractivity contribution >= 4 is 113 Å². The Balaban J connectivity index is 1.25. The van der Waals surface area contributed by atoms with Crippen molar-refractivity contribution in [1.82, 2.24) is 9.80 Å². The lowest BCUT2D eigenvalue weighted by atomic mass is 10.3. The van der Waals surface area contributed by atoms with Crippen LogP contribution in [0.2, 0.25) is 0 Å². The lowest BCUT2D eigenvalue weighted by Gasteiger charge is -2.03. The molecular weight excluding hydrogens is 573 g/mol. The van der Waals surface area contributed by atoms with Gasteiger partial charge in [-0.25, -0.2) is 0 Å².